The maximum absolute atomic E-state index is 5.59. The van der Waals surface area contributed by atoms with Crippen LogP contribution in [-0.2, 0) is 22.6 Å². The quantitative estimate of drug-likeness (QED) is 0.621. The van der Waals surface area contributed by atoms with Gasteiger partial charge in [-0.05, 0) is 12.3 Å². The topological polar surface area (TPSA) is 48.3 Å². The lowest BCUT2D eigenvalue weighted by atomic mass is 10.1. The van der Waals surface area contributed by atoms with Gasteiger partial charge in [0.1, 0.15) is 0 Å². The van der Waals surface area contributed by atoms with Crippen molar-refractivity contribution in [1.29, 1.82) is 0 Å². The van der Waals surface area contributed by atoms with E-state index in [0.29, 0.717) is 5.92 Å². The molecule has 0 fully saturated rings. The number of imidazole rings is 1. The van der Waals surface area contributed by atoms with Crippen molar-refractivity contribution < 1.29 is 9.47 Å². The summed E-state index contributed by atoms with van der Waals surface area (Å²) in [6, 6.07) is 0. The molecule has 0 aliphatic carbocycles. The highest BCUT2D eigenvalue weighted by Gasteiger charge is 1.99. The van der Waals surface area contributed by atoms with Gasteiger partial charge in [-0.3, -0.25) is 0 Å². The fourth-order valence-electron chi connectivity index (χ4n) is 1.60. The third-order valence-corrected chi connectivity index (χ3v) is 2.81. The Morgan fingerprint density at radius 3 is 2.89 bits per heavy atom. The summed E-state index contributed by atoms with van der Waals surface area (Å²) < 4.78 is 12.6. The van der Waals surface area contributed by atoms with E-state index in [4.69, 9.17) is 9.47 Å². The first-order valence-electron chi connectivity index (χ1n) is 7.00. The lowest BCUT2D eigenvalue weighted by Gasteiger charge is -2.06. The molecule has 5 heteroatoms. The van der Waals surface area contributed by atoms with Gasteiger partial charge in [-0.2, -0.15) is 0 Å². The van der Waals surface area contributed by atoms with Gasteiger partial charge < -0.3 is 19.4 Å². The highest BCUT2D eigenvalue weighted by Crippen LogP contribution is 2.00. The summed E-state index contributed by atoms with van der Waals surface area (Å²) in [6.07, 6.45) is 5.04. The molecule has 1 rings (SSSR count). The van der Waals surface area contributed by atoms with Crippen LogP contribution in [0, 0.1) is 5.92 Å². The SMILES string of the molecule is COCCNCc1cn(CCOCCC(C)C)cn1. The van der Waals surface area contributed by atoms with Crippen LogP contribution in [0.1, 0.15) is 26.0 Å². The number of nitrogens with one attached hydrogen (secondary N) is 1. The molecule has 0 unspecified atom stereocenters. The molecule has 110 valence electrons. The Labute approximate surface area is 116 Å². The van der Waals surface area contributed by atoms with Crippen LogP contribution in [0.3, 0.4) is 0 Å². The maximum Gasteiger partial charge on any atom is 0.0950 e. The van der Waals surface area contributed by atoms with Crippen LogP contribution in [0.15, 0.2) is 12.5 Å². The van der Waals surface area contributed by atoms with E-state index in [1.54, 1.807) is 7.11 Å². The smallest absolute Gasteiger partial charge is 0.0950 e. The molecule has 1 aromatic heterocycles. The summed E-state index contributed by atoms with van der Waals surface area (Å²) in [5.74, 6) is 0.707. The first kappa shape index (κ1) is 16.1. The summed E-state index contributed by atoms with van der Waals surface area (Å²) in [5, 5.41) is 3.27. The van der Waals surface area contributed by atoms with E-state index in [1.807, 2.05) is 6.33 Å². The summed E-state index contributed by atoms with van der Waals surface area (Å²) in [7, 11) is 1.70. The Balaban J connectivity index is 2.09. The average molecular weight is 269 g/mol. The highest BCUT2D eigenvalue weighted by atomic mass is 16.5. The summed E-state index contributed by atoms with van der Waals surface area (Å²) >= 11 is 0. The number of hydrogen-bond acceptors (Lipinski definition) is 4. The van der Waals surface area contributed by atoms with E-state index in [2.05, 4.69) is 34.9 Å². The largest absolute Gasteiger partial charge is 0.383 e. The fraction of sp³-hybridized carbons (Fsp3) is 0.786. The van der Waals surface area contributed by atoms with Crippen molar-refractivity contribution in [3.8, 4) is 0 Å². The Morgan fingerprint density at radius 1 is 1.32 bits per heavy atom. The van der Waals surface area contributed by atoms with Crippen molar-refractivity contribution in [2.45, 2.75) is 33.4 Å². The van der Waals surface area contributed by atoms with Gasteiger partial charge in [-0.1, -0.05) is 13.8 Å². The Hall–Kier alpha value is -0.910. The summed E-state index contributed by atoms with van der Waals surface area (Å²) in [5.41, 5.74) is 1.05. The molecule has 1 heterocycles. The van der Waals surface area contributed by atoms with Crippen molar-refractivity contribution in [3.63, 3.8) is 0 Å². The summed E-state index contributed by atoms with van der Waals surface area (Å²) in [6.45, 7) is 9.24. The van der Waals surface area contributed by atoms with Crippen molar-refractivity contribution >= 4 is 0 Å². The molecule has 1 aromatic rings. The number of nitrogens with zero attached hydrogens (tertiary/aromatic N) is 2. The van der Waals surface area contributed by atoms with E-state index >= 15 is 0 Å². The minimum atomic E-state index is 0.707. The van der Waals surface area contributed by atoms with Crippen LogP contribution >= 0.6 is 0 Å². The zero-order chi connectivity index (χ0) is 13.9. The molecule has 5 nitrogen and oxygen atoms in total. The Bertz CT molecular complexity index is 326. The number of aromatic nitrogens is 2. The molecule has 0 radical (unpaired) electrons. The van der Waals surface area contributed by atoms with Gasteiger partial charge in [0.15, 0.2) is 0 Å². The lowest BCUT2D eigenvalue weighted by Crippen LogP contribution is -2.18. The van der Waals surface area contributed by atoms with Crippen LogP contribution in [0.25, 0.3) is 0 Å². The standard InChI is InChI=1S/C14H27N3O2/c1-13(2)4-7-19-9-6-17-11-14(16-12-17)10-15-5-8-18-3/h11-13,15H,4-10H2,1-3H3. The number of rotatable bonds is 11. The number of methoxy groups -OCH3 is 1. The van der Waals surface area contributed by atoms with Gasteiger partial charge in [-0.15, -0.1) is 0 Å². The van der Waals surface area contributed by atoms with Gasteiger partial charge in [-0.25, -0.2) is 4.98 Å². The fourth-order valence-corrected chi connectivity index (χ4v) is 1.60. The molecule has 0 aliphatic heterocycles. The van der Waals surface area contributed by atoms with Crippen molar-refractivity contribution in [3.05, 3.63) is 18.2 Å². The van der Waals surface area contributed by atoms with E-state index < -0.39 is 0 Å². The number of hydrogen-bond donors (Lipinski definition) is 1. The van der Waals surface area contributed by atoms with Crippen molar-refractivity contribution in [2.75, 3.05) is 33.5 Å². The molecule has 0 bridgehead atoms. The van der Waals surface area contributed by atoms with Crippen LogP contribution in [0.2, 0.25) is 0 Å². The van der Waals surface area contributed by atoms with Crippen LogP contribution < -0.4 is 5.32 Å². The van der Waals surface area contributed by atoms with Crippen molar-refractivity contribution in [2.24, 2.45) is 5.92 Å². The van der Waals surface area contributed by atoms with Gasteiger partial charge in [0.2, 0.25) is 0 Å². The molecular formula is C14H27N3O2. The van der Waals surface area contributed by atoms with Gasteiger partial charge in [0.25, 0.3) is 0 Å². The van der Waals surface area contributed by atoms with E-state index in [-0.39, 0.29) is 0 Å². The second kappa shape index (κ2) is 9.95. The Kier molecular flexibility index (Phi) is 8.45. The van der Waals surface area contributed by atoms with Crippen LogP contribution in [0.5, 0.6) is 0 Å². The molecule has 0 amide bonds. The van der Waals surface area contributed by atoms with Crippen LogP contribution in [0.4, 0.5) is 0 Å². The average Bonchev–Trinajstić information content (AvgIpc) is 2.82. The molecule has 0 aromatic carbocycles. The zero-order valence-electron chi connectivity index (χ0n) is 12.4. The van der Waals surface area contributed by atoms with Crippen molar-refractivity contribution in [1.82, 2.24) is 14.9 Å². The second-order valence-corrected chi connectivity index (χ2v) is 5.07. The van der Waals surface area contributed by atoms with Gasteiger partial charge in [0.05, 0.1) is 25.2 Å². The van der Waals surface area contributed by atoms with Gasteiger partial charge >= 0.3 is 0 Å². The molecular weight excluding hydrogens is 242 g/mol. The minimum Gasteiger partial charge on any atom is -0.383 e. The highest BCUT2D eigenvalue weighted by molar-refractivity contribution is 4.95. The Morgan fingerprint density at radius 2 is 2.16 bits per heavy atom. The second-order valence-electron chi connectivity index (χ2n) is 5.07. The molecule has 19 heavy (non-hydrogen) atoms. The summed E-state index contributed by atoms with van der Waals surface area (Å²) in [4.78, 5) is 4.35. The first-order chi connectivity index (χ1) is 9.22. The van der Waals surface area contributed by atoms with E-state index in [9.17, 15) is 0 Å². The predicted molar refractivity (Wildman–Crippen MR) is 76.1 cm³/mol. The predicted octanol–water partition coefficient (Wildman–Crippen LogP) is 1.68. The molecule has 0 saturated heterocycles. The lowest BCUT2D eigenvalue weighted by molar-refractivity contribution is 0.116. The third-order valence-electron chi connectivity index (χ3n) is 2.81. The van der Waals surface area contributed by atoms with E-state index in [1.165, 1.54) is 0 Å². The molecule has 0 spiro atoms. The first-order valence-corrected chi connectivity index (χ1v) is 7.00. The molecule has 0 aliphatic rings. The van der Waals surface area contributed by atoms with E-state index in [0.717, 1.165) is 51.6 Å². The minimum absolute atomic E-state index is 0.707. The normalized spacial score (nSPS) is 11.4. The van der Waals surface area contributed by atoms with Crippen LogP contribution in [-0.4, -0.2) is 43.0 Å². The molecule has 0 atom stereocenters. The van der Waals surface area contributed by atoms with Gasteiger partial charge in [0, 0.05) is 39.5 Å². The zero-order valence-corrected chi connectivity index (χ0v) is 12.4. The maximum atomic E-state index is 5.59. The monoisotopic (exact) mass is 269 g/mol. The third kappa shape index (κ3) is 7.97. The number of ether oxygens (including phenoxy) is 2. The molecule has 0 saturated carbocycles. The molecule has 1 N–H and O–H groups in total.